The Hall–Kier alpha value is -1.98. The number of aryl methyl sites for hydroxylation is 1. The van der Waals surface area contributed by atoms with E-state index in [-0.39, 0.29) is 0 Å². The highest BCUT2D eigenvalue weighted by molar-refractivity contribution is 7.80. The molecule has 1 atom stereocenters. The number of aliphatic hydroxyl groups excluding tert-OH is 1. The Balaban J connectivity index is 2.07. The molecule has 5 heteroatoms. The third-order valence-corrected chi connectivity index (χ3v) is 3.97. The molecule has 21 heavy (non-hydrogen) atoms. The number of nitrogens with zero attached hydrogens (tertiary/aromatic N) is 1. The van der Waals surface area contributed by atoms with Gasteiger partial charge in [0.15, 0.2) is 5.11 Å². The summed E-state index contributed by atoms with van der Waals surface area (Å²) in [6.45, 7) is 4.77. The maximum Gasteiger partial charge on any atom is 0.186 e. The minimum absolute atomic E-state index is 0.455. The van der Waals surface area contributed by atoms with Crippen LogP contribution in [-0.4, -0.2) is 22.5 Å². The van der Waals surface area contributed by atoms with Gasteiger partial charge in [-0.15, -0.1) is 0 Å². The highest BCUT2D eigenvalue weighted by Gasteiger charge is 2.29. The minimum Gasteiger partial charge on any atom is -0.382 e. The second-order valence-electron chi connectivity index (χ2n) is 5.07. The van der Waals surface area contributed by atoms with E-state index in [0.717, 1.165) is 28.4 Å². The van der Waals surface area contributed by atoms with Crippen molar-refractivity contribution in [2.75, 3.05) is 6.54 Å². The average molecular weight is 299 g/mol. The largest absolute Gasteiger partial charge is 0.382 e. The fourth-order valence-electron chi connectivity index (χ4n) is 2.75. The van der Waals surface area contributed by atoms with Crippen LogP contribution in [0, 0.1) is 6.92 Å². The first kappa shape index (κ1) is 14.0. The summed E-state index contributed by atoms with van der Waals surface area (Å²) in [7, 11) is 0. The first-order chi connectivity index (χ1) is 10.1. The van der Waals surface area contributed by atoms with Gasteiger partial charge in [-0.05, 0) is 48.0 Å². The summed E-state index contributed by atoms with van der Waals surface area (Å²) >= 11 is 5.10. The highest BCUT2D eigenvalue weighted by Crippen LogP contribution is 2.38. The van der Waals surface area contributed by atoms with Gasteiger partial charge in [0.1, 0.15) is 11.8 Å². The SMILES string of the molecule is CCNC(=S)N/N=C1\c2ccc(C)c3cccc(c23)C1O. The highest BCUT2D eigenvalue weighted by atomic mass is 32.1. The molecule has 3 rings (SSSR count). The zero-order valence-electron chi connectivity index (χ0n) is 12.0. The van der Waals surface area contributed by atoms with Crippen LogP contribution in [-0.2, 0) is 0 Å². The summed E-state index contributed by atoms with van der Waals surface area (Å²) in [5.74, 6) is 0. The average Bonchev–Trinajstić information content (AvgIpc) is 2.75. The van der Waals surface area contributed by atoms with Crippen molar-refractivity contribution >= 4 is 33.8 Å². The van der Waals surface area contributed by atoms with Crippen LogP contribution in [0.5, 0.6) is 0 Å². The molecule has 108 valence electrons. The smallest absolute Gasteiger partial charge is 0.186 e. The fraction of sp³-hybridized carbons (Fsp3) is 0.250. The predicted octanol–water partition coefficient (Wildman–Crippen LogP) is 2.38. The van der Waals surface area contributed by atoms with E-state index in [1.54, 1.807) is 0 Å². The fourth-order valence-corrected chi connectivity index (χ4v) is 2.94. The molecule has 0 spiro atoms. The first-order valence-corrected chi connectivity index (χ1v) is 7.36. The topological polar surface area (TPSA) is 56.7 Å². The van der Waals surface area contributed by atoms with Gasteiger partial charge in [-0.1, -0.05) is 30.3 Å². The summed E-state index contributed by atoms with van der Waals surface area (Å²) in [5.41, 5.74) is 6.47. The second-order valence-corrected chi connectivity index (χ2v) is 5.48. The van der Waals surface area contributed by atoms with Crippen LogP contribution >= 0.6 is 12.2 Å². The van der Waals surface area contributed by atoms with Crippen molar-refractivity contribution in [2.24, 2.45) is 5.10 Å². The molecule has 0 aliphatic heterocycles. The predicted molar refractivity (Wildman–Crippen MR) is 89.6 cm³/mol. The van der Waals surface area contributed by atoms with Gasteiger partial charge in [-0.3, -0.25) is 5.43 Å². The van der Waals surface area contributed by atoms with Crippen LogP contribution in [0.25, 0.3) is 10.8 Å². The molecule has 1 aliphatic carbocycles. The lowest BCUT2D eigenvalue weighted by Gasteiger charge is -2.08. The molecule has 0 saturated carbocycles. The van der Waals surface area contributed by atoms with E-state index >= 15 is 0 Å². The Morgan fingerprint density at radius 3 is 2.90 bits per heavy atom. The molecule has 0 radical (unpaired) electrons. The molecule has 4 nitrogen and oxygen atoms in total. The molecule has 0 heterocycles. The van der Waals surface area contributed by atoms with Gasteiger partial charge in [0, 0.05) is 12.1 Å². The lowest BCUT2D eigenvalue weighted by atomic mass is 10.0. The van der Waals surface area contributed by atoms with E-state index in [0.29, 0.717) is 10.8 Å². The van der Waals surface area contributed by atoms with Crippen LogP contribution in [0.4, 0.5) is 0 Å². The van der Waals surface area contributed by atoms with Crippen LogP contribution in [0.3, 0.4) is 0 Å². The van der Waals surface area contributed by atoms with Gasteiger partial charge >= 0.3 is 0 Å². The van der Waals surface area contributed by atoms with Crippen molar-refractivity contribution in [1.29, 1.82) is 0 Å². The number of hydrogen-bond acceptors (Lipinski definition) is 3. The summed E-state index contributed by atoms with van der Waals surface area (Å²) in [4.78, 5) is 0. The van der Waals surface area contributed by atoms with E-state index in [1.807, 2.05) is 25.1 Å². The van der Waals surface area contributed by atoms with Crippen molar-refractivity contribution in [3.8, 4) is 0 Å². The number of hydrazone groups is 1. The Kier molecular flexibility index (Phi) is 3.61. The molecule has 3 N–H and O–H groups in total. The van der Waals surface area contributed by atoms with Gasteiger partial charge in [0.25, 0.3) is 0 Å². The van der Waals surface area contributed by atoms with Gasteiger partial charge < -0.3 is 10.4 Å². The van der Waals surface area contributed by atoms with E-state index in [1.165, 1.54) is 5.56 Å². The lowest BCUT2D eigenvalue weighted by molar-refractivity contribution is 0.251. The van der Waals surface area contributed by atoms with Crippen LogP contribution < -0.4 is 10.7 Å². The number of hydrogen-bond donors (Lipinski definition) is 3. The van der Waals surface area contributed by atoms with Crippen molar-refractivity contribution in [3.05, 3.63) is 47.0 Å². The maximum atomic E-state index is 10.5. The molecule has 2 aromatic rings. The maximum absolute atomic E-state index is 10.5. The summed E-state index contributed by atoms with van der Waals surface area (Å²) in [6, 6.07) is 10.0. The molecule has 0 bridgehead atoms. The van der Waals surface area contributed by atoms with Crippen molar-refractivity contribution in [2.45, 2.75) is 20.0 Å². The third-order valence-electron chi connectivity index (χ3n) is 3.74. The second kappa shape index (κ2) is 5.42. The van der Waals surface area contributed by atoms with Crippen molar-refractivity contribution in [1.82, 2.24) is 10.7 Å². The number of rotatable bonds is 2. The summed E-state index contributed by atoms with van der Waals surface area (Å²) in [5, 5.41) is 20.5. The lowest BCUT2D eigenvalue weighted by Crippen LogP contribution is -2.32. The molecule has 1 aliphatic rings. The van der Waals surface area contributed by atoms with Gasteiger partial charge in [-0.2, -0.15) is 5.10 Å². The Labute approximate surface area is 128 Å². The van der Waals surface area contributed by atoms with Crippen LogP contribution in [0.15, 0.2) is 35.4 Å². The van der Waals surface area contributed by atoms with Crippen molar-refractivity contribution in [3.63, 3.8) is 0 Å². The third kappa shape index (κ3) is 2.28. The van der Waals surface area contributed by atoms with Gasteiger partial charge in [0.2, 0.25) is 0 Å². The molecular weight excluding hydrogens is 282 g/mol. The monoisotopic (exact) mass is 299 g/mol. The van der Waals surface area contributed by atoms with Gasteiger partial charge in [-0.25, -0.2) is 0 Å². The van der Waals surface area contributed by atoms with Crippen molar-refractivity contribution < 1.29 is 5.11 Å². The zero-order chi connectivity index (χ0) is 15.0. The number of aliphatic hydroxyl groups is 1. The van der Waals surface area contributed by atoms with Crippen LogP contribution in [0.2, 0.25) is 0 Å². The number of benzene rings is 2. The summed E-state index contributed by atoms with van der Waals surface area (Å²) < 4.78 is 0. The normalized spacial score (nSPS) is 18.2. The first-order valence-electron chi connectivity index (χ1n) is 6.95. The Morgan fingerprint density at radius 1 is 1.33 bits per heavy atom. The van der Waals surface area contributed by atoms with E-state index in [4.69, 9.17) is 12.2 Å². The Bertz CT molecular complexity index is 755. The zero-order valence-corrected chi connectivity index (χ0v) is 12.8. The van der Waals surface area contributed by atoms with E-state index < -0.39 is 6.10 Å². The van der Waals surface area contributed by atoms with E-state index in [9.17, 15) is 5.11 Å². The minimum atomic E-state index is -0.720. The molecule has 0 aromatic heterocycles. The molecular formula is C16H17N3OS. The number of thiocarbonyl (C=S) groups is 1. The quantitative estimate of drug-likeness (QED) is 0.589. The molecule has 0 fully saturated rings. The van der Waals surface area contributed by atoms with Crippen LogP contribution in [0.1, 0.15) is 29.7 Å². The van der Waals surface area contributed by atoms with E-state index in [2.05, 4.69) is 34.9 Å². The molecule has 0 saturated heterocycles. The molecule has 1 unspecified atom stereocenters. The standard InChI is InChI=1S/C16H17N3OS/c1-3-17-16(21)19-18-14-11-8-7-9(2)10-5-4-6-12(13(10)11)15(14)20/h4-8,15,20H,3H2,1-2H3,(H2,17,19,21)/b18-14+. The van der Waals surface area contributed by atoms with Gasteiger partial charge in [0.05, 0.1) is 0 Å². The number of nitrogens with one attached hydrogen (secondary N) is 2. The molecule has 2 aromatic carbocycles. The Morgan fingerprint density at radius 2 is 2.14 bits per heavy atom. The summed E-state index contributed by atoms with van der Waals surface area (Å²) in [6.07, 6.45) is -0.720. The molecule has 0 amide bonds.